The second kappa shape index (κ2) is 9.28. The van der Waals surface area contributed by atoms with E-state index in [-0.39, 0.29) is 25.0 Å². The number of rotatable bonds is 7. The van der Waals surface area contributed by atoms with E-state index in [9.17, 15) is 14.7 Å². The molecular weight excluding hydrogens is 382 g/mol. The van der Waals surface area contributed by atoms with Crippen LogP contribution in [0.1, 0.15) is 30.4 Å². The number of amides is 1. The van der Waals surface area contributed by atoms with Crippen LogP contribution in [0.4, 0.5) is 0 Å². The average Bonchev–Trinajstić information content (AvgIpc) is 3.08. The number of nitrogens with zero attached hydrogens (tertiary/aromatic N) is 2. The fourth-order valence-electron chi connectivity index (χ4n) is 3.83. The van der Waals surface area contributed by atoms with Crippen molar-refractivity contribution < 1.29 is 14.3 Å². The Labute approximate surface area is 174 Å². The first-order chi connectivity index (χ1) is 14.6. The minimum atomic E-state index is -0.442. The summed E-state index contributed by atoms with van der Waals surface area (Å²) >= 11 is 0. The highest BCUT2D eigenvalue weighted by atomic mass is 16.4. The summed E-state index contributed by atoms with van der Waals surface area (Å²) in [5.41, 5.74) is 3.50. The van der Waals surface area contributed by atoms with E-state index < -0.39 is 5.76 Å². The van der Waals surface area contributed by atoms with Crippen LogP contribution in [0.5, 0.6) is 0 Å². The molecule has 0 radical (unpaired) electrons. The molecule has 7 nitrogen and oxygen atoms in total. The van der Waals surface area contributed by atoms with Gasteiger partial charge in [-0.15, -0.1) is 0 Å². The summed E-state index contributed by atoms with van der Waals surface area (Å²) in [7, 11) is 0. The third kappa shape index (κ3) is 4.98. The van der Waals surface area contributed by atoms with Gasteiger partial charge in [0.05, 0.1) is 11.6 Å². The Morgan fingerprint density at radius 3 is 2.53 bits per heavy atom. The number of likely N-dealkylation sites (tertiary alicyclic amines) is 1. The van der Waals surface area contributed by atoms with Crippen molar-refractivity contribution in [3.05, 3.63) is 70.2 Å². The van der Waals surface area contributed by atoms with Crippen LogP contribution in [0.3, 0.4) is 0 Å². The number of aromatic nitrogens is 1. The zero-order valence-electron chi connectivity index (χ0n) is 16.9. The van der Waals surface area contributed by atoms with Crippen molar-refractivity contribution in [3.63, 3.8) is 0 Å². The fraction of sp³-hybridized carbons (Fsp3) is 0.391. The van der Waals surface area contributed by atoms with Crippen LogP contribution in [-0.4, -0.2) is 39.7 Å². The molecule has 2 N–H and O–H groups in total. The van der Waals surface area contributed by atoms with Gasteiger partial charge in [0, 0.05) is 39.1 Å². The summed E-state index contributed by atoms with van der Waals surface area (Å²) in [5, 5.41) is 12.5. The molecule has 7 heteroatoms. The van der Waals surface area contributed by atoms with Gasteiger partial charge in [-0.2, -0.15) is 0 Å². The molecule has 1 amide bonds. The SMILES string of the molecule is O=C(CCn1c(=O)oc2ccccc21)NCc1ccc(CN2CCC(O)CC2)cc1. The monoisotopic (exact) mass is 409 g/mol. The molecule has 0 unspecified atom stereocenters. The minimum Gasteiger partial charge on any atom is -0.408 e. The second-order valence-electron chi connectivity index (χ2n) is 7.84. The van der Waals surface area contributed by atoms with Crippen molar-refractivity contribution in [1.82, 2.24) is 14.8 Å². The first-order valence-electron chi connectivity index (χ1n) is 10.4. The van der Waals surface area contributed by atoms with Crippen molar-refractivity contribution in [2.75, 3.05) is 13.1 Å². The fourth-order valence-corrected chi connectivity index (χ4v) is 3.83. The quantitative estimate of drug-likeness (QED) is 0.625. The number of fused-ring (bicyclic) bond motifs is 1. The Balaban J connectivity index is 1.24. The predicted molar refractivity (Wildman–Crippen MR) is 114 cm³/mol. The molecule has 4 rings (SSSR count). The van der Waals surface area contributed by atoms with Gasteiger partial charge in [-0.1, -0.05) is 36.4 Å². The number of carbonyl (C=O) groups is 1. The maximum atomic E-state index is 12.2. The molecule has 0 bridgehead atoms. The number of nitrogens with one attached hydrogen (secondary N) is 1. The van der Waals surface area contributed by atoms with E-state index in [1.807, 2.05) is 30.3 Å². The number of oxazole rings is 1. The topological polar surface area (TPSA) is 87.7 Å². The molecule has 158 valence electrons. The number of aryl methyl sites for hydroxylation is 1. The molecule has 3 aromatic rings. The number of hydrogen-bond acceptors (Lipinski definition) is 5. The molecule has 1 aromatic heterocycles. The highest BCUT2D eigenvalue weighted by molar-refractivity contribution is 5.76. The lowest BCUT2D eigenvalue weighted by atomic mass is 10.1. The highest BCUT2D eigenvalue weighted by Gasteiger charge is 2.16. The number of aliphatic hydroxyl groups is 1. The zero-order chi connectivity index (χ0) is 20.9. The van der Waals surface area contributed by atoms with E-state index in [0.717, 1.165) is 38.0 Å². The van der Waals surface area contributed by atoms with E-state index in [2.05, 4.69) is 22.3 Å². The molecule has 1 aliphatic heterocycles. The molecule has 0 saturated carbocycles. The molecule has 0 atom stereocenters. The van der Waals surface area contributed by atoms with Crippen molar-refractivity contribution in [2.45, 2.75) is 45.0 Å². The standard InChI is InChI=1S/C23H27N3O4/c27-19-9-12-25(13-10-19)16-18-7-5-17(6-8-18)15-24-22(28)11-14-26-20-3-1-2-4-21(20)30-23(26)29/h1-8,19,27H,9-16H2,(H,24,28). The summed E-state index contributed by atoms with van der Waals surface area (Å²) in [6, 6.07) is 15.4. The van der Waals surface area contributed by atoms with Crippen molar-refractivity contribution in [3.8, 4) is 0 Å². The lowest BCUT2D eigenvalue weighted by Crippen LogP contribution is -2.35. The Hall–Kier alpha value is -2.90. The van der Waals surface area contributed by atoms with Gasteiger partial charge < -0.3 is 14.8 Å². The predicted octanol–water partition coefficient (Wildman–Crippen LogP) is 2.26. The van der Waals surface area contributed by atoms with Gasteiger partial charge >= 0.3 is 5.76 Å². The van der Waals surface area contributed by atoms with Crippen LogP contribution in [0.25, 0.3) is 11.1 Å². The summed E-state index contributed by atoms with van der Waals surface area (Å²) in [6.45, 7) is 3.47. The van der Waals surface area contributed by atoms with E-state index in [4.69, 9.17) is 4.42 Å². The third-order valence-corrected chi connectivity index (χ3v) is 5.61. The van der Waals surface area contributed by atoms with E-state index >= 15 is 0 Å². The Morgan fingerprint density at radius 2 is 1.77 bits per heavy atom. The Kier molecular flexibility index (Phi) is 6.30. The van der Waals surface area contributed by atoms with Gasteiger partial charge in [-0.3, -0.25) is 14.3 Å². The zero-order valence-corrected chi connectivity index (χ0v) is 16.9. The van der Waals surface area contributed by atoms with E-state index in [1.165, 1.54) is 10.1 Å². The van der Waals surface area contributed by atoms with Gasteiger partial charge in [0.25, 0.3) is 0 Å². The van der Waals surface area contributed by atoms with Gasteiger partial charge in [0.1, 0.15) is 0 Å². The van der Waals surface area contributed by atoms with Crippen molar-refractivity contribution in [1.29, 1.82) is 0 Å². The van der Waals surface area contributed by atoms with Crippen LogP contribution in [-0.2, 0) is 24.4 Å². The first kappa shape index (κ1) is 20.4. The molecule has 1 fully saturated rings. The number of hydrogen-bond donors (Lipinski definition) is 2. The Bertz CT molecular complexity index is 1050. The number of benzene rings is 2. The normalized spacial score (nSPS) is 15.5. The van der Waals surface area contributed by atoms with Gasteiger partial charge in [-0.25, -0.2) is 4.79 Å². The van der Waals surface area contributed by atoms with Gasteiger partial charge in [0.15, 0.2) is 5.58 Å². The van der Waals surface area contributed by atoms with Crippen LogP contribution in [0.2, 0.25) is 0 Å². The molecular formula is C23H27N3O4. The molecule has 1 saturated heterocycles. The lowest BCUT2D eigenvalue weighted by molar-refractivity contribution is -0.121. The molecule has 30 heavy (non-hydrogen) atoms. The first-order valence-corrected chi connectivity index (χ1v) is 10.4. The third-order valence-electron chi connectivity index (χ3n) is 5.61. The summed E-state index contributed by atoms with van der Waals surface area (Å²) in [6.07, 6.45) is 1.73. The van der Waals surface area contributed by atoms with Crippen LogP contribution in [0, 0.1) is 0 Å². The van der Waals surface area contributed by atoms with Crippen LogP contribution < -0.4 is 11.1 Å². The maximum absolute atomic E-state index is 12.2. The smallest absolute Gasteiger partial charge is 0.408 e. The average molecular weight is 409 g/mol. The van der Waals surface area contributed by atoms with Gasteiger partial charge in [-0.05, 0) is 36.1 Å². The molecule has 1 aliphatic rings. The highest BCUT2D eigenvalue weighted by Crippen LogP contribution is 2.15. The molecule has 2 heterocycles. The van der Waals surface area contributed by atoms with Crippen LogP contribution in [0.15, 0.2) is 57.7 Å². The number of aliphatic hydroxyl groups excluding tert-OH is 1. The van der Waals surface area contributed by atoms with Crippen LogP contribution >= 0.6 is 0 Å². The number of piperidine rings is 1. The molecule has 0 spiro atoms. The molecule has 0 aliphatic carbocycles. The van der Waals surface area contributed by atoms with E-state index in [1.54, 1.807) is 6.07 Å². The second-order valence-corrected chi connectivity index (χ2v) is 7.84. The van der Waals surface area contributed by atoms with Gasteiger partial charge in [0.2, 0.25) is 5.91 Å². The summed E-state index contributed by atoms with van der Waals surface area (Å²) < 4.78 is 6.68. The van der Waals surface area contributed by atoms with E-state index in [0.29, 0.717) is 17.6 Å². The summed E-state index contributed by atoms with van der Waals surface area (Å²) in [4.78, 5) is 26.6. The Morgan fingerprint density at radius 1 is 1.07 bits per heavy atom. The lowest BCUT2D eigenvalue weighted by Gasteiger charge is -2.29. The molecule has 2 aromatic carbocycles. The largest absolute Gasteiger partial charge is 0.419 e. The number of para-hydroxylation sites is 2. The van der Waals surface area contributed by atoms with Crippen molar-refractivity contribution >= 4 is 17.0 Å². The minimum absolute atomic E-state index is 0.108. The maximum Gasteiger partial charge on any atom is 0.419 e. The summed E-state index contributed by atoms with van der Waals surface area (Å²) in [5.74, 6) is -0.550. The van der Waals surface area contributed by atoms with Crippen molar-refractivity contribution in [2.24, 2.45) is 0 Å². The number of carbonyl (C=O) groups excluding carboxylic acids is 1.